The average molecular weight is 501 g/mol. The number of hydrogen-bond donors (Lipinski definition) is 4. The van der Waals surface area contributed by atoms with Crippen molar-refractivity contribution in [2.24, 2.45) is 5.92 Å². The number of aliphatic hydroxyl groups is 3. The number of ether oxygens (including phenoxy) is 2. The number of rotatable bonds is 10. The SMILES string of the molecule is OC[C@@H](O)CCOc1ccc([C@H]2c3[nH]c4ccc(Cl)cc4c3CCN2C(O)OCC2CCC2)cc1. The molecule has 1 unspecified atom stereocenters. The van der Waals surface area contributed by atoms with Crippen LogP contribution in [0.2, 0.25) is 5.02 Å². The van der Waals surface area contributed by atoms with E-state index in [1.54, 1.807) is 0 Å². The van der Waals surface area contributed by atoms with Crippen molar-refractivity contribution < 1.29 is 24.8 Å². The number of halogens is 1. The van der Waals surface area contributed by atoms with Crippen molar-refractivity contribution in [2.75, 3.05) is 26.4 Å². The molecule has 1 fully saturated rings. The van der Waals surface area contributed by atoms with Crippen LogP contribution in [-0.4, -0.2) is 64.1 Å². The van der Waals surface area contributed by atoms with Gasteiger partial charge in [-0.05, 0) is 66.6 Å². The van der Waals surface area contributed by atoms with Crippen LogP contribution in [0.15, 0.2) is 42.5 Å². The van der Waals surface area contributed by atoms with Gasteiger partial charge < -0.3 is 29.8 Å². The third kappa shape index (κ3) is 5.35. The molecule has 2 aliphatic rings. The second kappa shape index (κ2) is 10.9. The fourth-order valence-electron chi connectivity index (χ4n) is 5.00. The highest BCUT2D eigenvalue weighted by atomic mass is 35.5. The Bertz CT molecular complexity index is 1130. The Morgan fingerprint density at radius 1 is 1.11 bits per heavy atom. The molecule has 8 heteroatoms. The molecule has 4 N–H and O–H groups in total. The lowest BCUT2D eigenvalue weighted by molar-refractivity contribution is -0.213. The molecule has 2 heterocycles. The lowest BCUT2D eigenvalue weighted by Crippen LogP contribution is -2.45. The third-order valence-electron chi connectivity index (χ3n) is 7.24. The Labute approximate surface area is 210 Å². The summed E-state index contributed by atoms with van der Waals surface area (Å²) in [4.78, 5) is 5.59. The molecule has 0 saturated heterocycles. The summed E-state index contributed by atoms with van der Waals surface area (Å²) in [6.07, 6.45) is 2.94. The molecule has 0 spiro atoms. The van der Waals surface area contributed by atoms with Crippen LogP contribution < -0.4 is 4.74 Å². The van der Waals surface area contributed by atoms with Gasteiger partial charge in [-0.15, -0.1) is 0 Å². The largest absolute Gasteiger partial charge is 0.493 e. The molecule has 1 aliphatic carbocycles. The van der Waals surface area contributed by atoms with Gasteiger partial charge in [0.05, 0.1) is 32.0 Å². The molecule has 0 amide bonds. The molecule has 35 heavy (non-hydrogen) atoms. The number of nitrogens with one attached hydrogen (secondary N) is 1. The van der Waals surface area contributed by atoms with E-state index in [2.05, 4.69) is 4.98 Å². The molecular formula is C27H33ClN2O5. The summed E-state index contributed by atoms with van der Waals surface area (Å²) in [6, 6.07) is 13.5. The molecule has 7 nitrogen and oxygen atoms in total. The van der Waals surface area contributed by atoms with E-state index in [9.17, 15) is 10.2 Å². The van der Waals surface area contributed by atoms with Crippen LogP contribution in [0, 0.1) is 5.92 Å². The second-order valence-electron chi connectivity index (χ2n) is 9.60. The smallest absolute Gasteiger partial charge is 0.216 e. The maximum atomic E-state index is 11.1. The van der Waals surface area contributed by atoms with Gasteiger partial charge in [-0.25, -0.2) is 4.90 Å². The lowest BCUT2D eigenvalue weighted by atomic mass is 9.86. The minimum Gasteiger partial charge on any atom is -0.493 e. The Balaban J connectivity index is 1.41. The first-order valence-electron chi connectivity index (χ1n) is 12.4. The highest BCUT2D eigenvalue weighted by Gasteiger charge is 2.36. The summed E-state index contributed by atoms with van der Waals surface area (Å²) in [5.74, 6) is 1.23. The summed E-state index contributed by atoms with van der Waals surface area (Å²) >= 11 is 6.30. The summed E-state index contributed by atoms with van der Waals surface area (Å²) in [5.41, 5.74) is 4.30. The molecule has 3 aromatic rings. The van der Waals surface area contributed by atoms with E-state index in [0.717, 1.165) is 28.6 Å². The third-order valence-corrected chi connectivity index (χ3v) is 7.48. The van der Waals surface area contributed by atoms with Crippen LogP contribution in [0.4, 0.5) is 0 Å². The van der Waals surface area contributed by atoms with E-state index in [4.69, 9.17) is 26.2 Å². The van der Waals surface area contributed by atoms with Crippen molar-refractivity contribution in [3.05, 3.63) is 64.3 Å². The first-order valence-corrected chi connectivity index (χ1v) is 12.8. The number of aliphatic hydroxyl groups excluding tert-OH is 3. The van der Waals surface area contributed by atoms with Gasteiger partial charge in [0.2, 0.25) is 6.41 Å². The molecule has 2 aromatic carbocycles. The highest BCUT2D eigenvalue weighted by Crippen LogP contribution is 2.40. The van der Waals surface area contributed by atoms with Gasteiger partial charge in [0.15, 0.2) is 0 Å². The van der Waals surface area contributed by atoms with Crippen LogP contribution >= 0.6 is 11.6 Å². The predicted molar refractivity (Wildman–Crippen MR) is 135 cm³/mol. The molecule has 5 rings (SSSR count). The van der Waals surface area contributed by atoms with Gasteiger partial charge in [-0.2, -0.15) is 0 Å². The van der Waals surface area contributed by atoms with E-state index in [-0.39, 0.29) is 12.6 Å². The molecule has 188 valence electrons. The summed E-state index contributed by atoms with van der Waals surface area (Å²) in [5, 5.41) is 31.4. The zero-order valence-electron chi connectivity index (χ0n) is 19.7. The number of hydrogen-bond acceptors (Lipinski definition) is 6. The van der Waals surface area contributed by atoms with Gasteiger partial charge in [0.25, 0.3) is 0 Å². The maximum absolute atomic E-state index is 11.1. The fraction of sp³-hybridized carbons (Fsp3) is 0.481. The summed E-state index contributed by atoms with van der Waals surface area (Å²) in [6.45, 7) is 1.27. The van der Waals surface area contributed by atoms with Gasteiger partial charge in [0.1, 0.15) is 5.75 Å². The molecule has 0 radical (unpaired) electrons. The van der Waals surface area contributed by atoms with Gasteiger partial charge in [-0.1, -0.05) is 30.2 Å². The van der Waals surface area contributed by atoms with Crippen molar-refractivity contribution in [3.8, 4) is 5.75 Å². The molecule has 3 atom stereocenters. The summed E-state index contributed by atoms with van der Waals surface area (Å²) in [7, 11) is 0. The van der Waals surface area contributed by atoms with Crippen LogP contribution in [0.3, 0.4) is 0 Å². The van der Waals surface area contributed by atoms with Crippen molar-refractivity contribution >= 4 is 22.5 Å². The first-order chi connectivity index (χ1) is 17.0. The average Bonchev–Trinajstić information content (AvgIpc) is 3.20. The molecule has 1 aliphatic heterocycles. The number of aromatic nitrogens is 1. The van der Waals surface area contributed by atoms with Gasteiger partial charge in [-0.3, -0.25) is 0 Å². The first kappa shape index (κ1) is 24.6. The predicted octanol–water partition coefficient (Wildman–Crippen LogP) is 3.98. The van der Waals surface area contributed by atoms with Crippen LogP contribution in [0.1, 0.15) is 48.5 Å². The zero-order chi connectivity index (χ0) is 24.4. The Kier molecular flexibility index (Phi) is 7.62. The van der Waals surface area contributed by atoms with Crippen LogP contribution in [-0.2, 0) is 11.2 Å². The molecular weight excluding hydrogens is 468 g/mol. The standard InChI is InChI=1S/C27H33ClN2O5/c28-19-6-9-24-23(14-19)22-10-12-30(27(33)35-16-17-2-1-3-17)26(25(22)29-24)18-4-7-21(8-5-18)34-13-11-20(32)15-31/h4-9,14,17,20,26-27,29,31-33H,1-3,10-13,15-16H2/t20-,26-,27?/m0/s1. The molecule has 1 saturated carbocycles. The molecule has 1 aromatic heterocycles. The van der Waals surface area contributed by atoms with E-state index < -0.39 is 12.5 Å². The Hall–Kier alpha value is -2.13. The fourth-order valence-corrected chi connectivity index (χ4v) is 5.18. The number of H-pyrrole nitrogens is 1. The second-order valence-corrected chi connectivity index (χ2v) is 10.0. The topological polar surface area (TPSA) is 98.2 Å². The van der Waals surface area contributed by atoms with E-state index in [1.165, 1.54) is 24.8 Å². The lowest BCUT2D eigenvalue weighted by Gasteiger charge is -2.39. The van der Waals surface area contributed by atoms with Crippen LogP contribution in [0.25, 0.3) is 10.9 Å². The summed E-state index contributed by atoms with van der Waals surface area (Å²) < 4.78 is 11.7. The van der Waals surface area contributed by atoms with E-state index in [1.807, 2.05) is 47.4 Å². The Morgan fingerprint density at radius 2 is 1.91 bits per heavy atom. The number of fused-ring (bicyclic) bond motifs is 3. The monoisotopic (exact) mass is 500 g/mol. The Morgan fingerprint density at radius 3 is 2.63 bits per heavy atom. The maximum Gasteiger partial charge on any atom is 0.216 e. The number of nitrogens with zero attached hydrogens (tertiary/aromatic N) is 1. The molecule has 0 bridgehead atoms. The van der Waals surface area contributed by atoms with Gasteiger partial charge in [0, 0.05) is 34.6 Å². The normalized spacial score (nSPS) is 20.4. The van der Waals surface area contributed by atoms with Crippen LogP contribution in [0.5, 0.6) is 5.75 Å². The van der Waals surface area contributed by atoms with Crippen molar-refractivity contribution in [1.82, 2.24) is 9.88 Å². The van der Waals surface area contributed by atoms with Gasteiger partial charge >= 0.3 is 0 Å². The number of benzene rings is 2. The van der Waals surface area contributed by atoms with Crippen molar-refractivity contribution in [3.63, 3.8) is 0 Å². The van der Waals surface area contributed by atoms with Crippen molar-refractivity contribution in [2.45, 2.75) is 50.7 Å². The zero-order valence-corrected chi connectivity index (χ0v) is 20.5. The number of aromatic amines is 1. The van der Waals surface area contributed by atoms with Crippen molar-refractivity contribution in [1.29, 1.82) is 0 Å². The minimum absolute atomic E-state index is 0.216. The quantitative estimate of drug-likeness (QED) is 0.314. The van der Waals surface area contributed by atoms with E-state index >= 15 is 0 Å². The minimum atomic E-state index is -1.00. The van der Waals surface area contributed by atoms with E-state index in [0.29, 0.717) is 42.9 Å². The highest BCUT2D eigenvalue weighted by molar-refractivity contribution is 6.31.